The molecule has 0 aliphatic carbocycles. The van der Waals surface area contributed by atoms with Crippen LogP contribution in [-0.2, 0) is 0 Å². The van der Waals surface area contributed by atoms with Gasteiger partial charge in [0.25, 0.3) is 0 Å². The predicted molar refractivity (Wildman–Crippen MR) is 74.7 cm³/mol. The minimum absolute atomic E-state index is 0.375. The first-order valence-electron chi connectivity index (χ1n) is 5.68. The van der Waals surface area contributed by atoms with Crippen molar-refractivity contribution in [2.24, 2.45) is 0 Å². The lowest BCUT2D eigenvalue weighted by Gasteiger charge is -2.20. The SMILES string of the molecule is C=C(C)CC(NCC)c1cc(Br)ccc1C. The summed E-state index contributed by atoms with van der Waals surface area (Å²) in [6, 6.07) is 6.82. The smallest absolute Gasteiger partial charge is 0.0360 e. The van der Waals surface area contributed by atoms with Gasteiger partial charge in [-0.25, -0.2) is 0 Å². The first-order chi connectivity index (χ1) is 7.54. The second kappa shape index (κ2) is 6.21. The largest absolute Gasteiger partial charge is 0.310 e. The third kappa shape index (κ3) is 3.76. The Morgan fingerprint density at radius 2 is 2.19 bits per heavy atom. The molecule has 0 saturated heterocycles. The fourth-order valence-electron chi connectivity index (χ4n) is 1.87. The van der Waals surface area contributed by atoms with Crippen molar-refractivity contribution in [2.45, 2.75) is 33.2 Å². The molecule has 1 aromatic rings. The number of aryl methyl sites for hydroxylation is 1. The Morgan fingerprint density at radius 1 is 1.50 bits per heavy atom. The van der Waals surface area contributed by atoms with E-state index in [0.29, 0.717) is 6.04 Å². The molecule has 1 rings (SSSR count). The molecule has 0 amide bonds. The van der Waals surface area contributed by atoms with Crippen molar-refractivity contribution in [3.63, 3.8) is 0 Å². The van der Waals surface area contributed by atoms with Crippen LogP contribution in [0.5, 0.6) is 0 Å². The number of rotatable bonds is 5. The maximum absolute atomic E-state index is 4.00. The van der Waals surface area contributed by atoms with Crippen molar-refractivity contribution in [2.75, 3.05) is 6.54 Å². The van der Waals surface area contributed by atoms with E-state index in [2.05, 4.69) is 66.8 Å². The maximum atomic E-state index is 4.00. The van der Waals surface area contributed by atoms with Crippen LogP contribution in [0.25, 0.3) is 0 Å². The molecule has 16 heavy (non-hydrogen) atoms. The third-order valence-electron chi connectivity index (χ3n) is 2.62. The van der Waals surface area contributed by atoms with E-state index < -0.39 is 0 Å². The molecule has 1 atom stereocenters. The molecule has 0 aliphatic rings. The summed E-state index contributed by atoms with van der Waals surface area (Å²) in [5, 5.41) is 3.52. The van der Waals surface area contributed by atoms with Gasteiger partial charge < -0.3 is 5.32 Å². The molecule has 2 heteroatoms. The van der Waals surface area contributed by atoms with Gasteiger partial charge in [-0.05, 0) is 50.1 Å². The zero-order chi connectivity index (χ0) is 12.1. The number of benzene rings is 1. The van der Waals surface area contributed by atoms with Gasteiger partial charge in [0.15, 0.2) is 0 Å². The number of nitrogens with one attached hydrogen (secondary N) is 1. The molecule has 0 radical (unpaired) electrons. The molecule has 1 nitrogen and oxygen atoms in total. The fraction of sp³-hybridized carbons (Fsp3) is 0.429. The molecule has 0 spiro atoms. The molecule has 0 saturated carbocycles. The Kier molecular flexibility index (Phi) is 5.23. The van der Waals surface area contributed by atoms with Crippen LogP contribution in [0, 0.1) is 6.92 Å². The van der Waals surface area contributed by atoms with Crippen LogP contribution < -0.4 is 5.32 Å². The third-order valence-corrected chi connectivity index (χ3v) is 3.11. The summed E-state index contributed by atoms with van der Waals surface area (Å²) in [6.45, 7) is 11.4. The molecule has 0 bridgehead atoms. The van der Waals surface area contributed by atoms with Gasteiger partial charge in [0.1, 0.15) is 0 Å². The fourth-order valence-corrected chi connectivity index (χ4v) is 2.25. The molecule has 1 N–H and O–H groups in total. The average Bonchev–Trinajstić information content (AvgIpc) is 2.20. The van der Waals surface area contributed by atoms with Crippen LogP contribution in [0.2, 0.25) is 0 Å². The Hall–Kier alpha value is -0.600. The summed E-state index contributed by atoms with van der Waals surface area (Å²) >= 11 is 3.53. The molecular weight excluding hydrogens is 262 g/mol. The van der Waals surface area contributed by atoms with Crippen molar-refractivity contribution in [1.82, 2.24) is 5.32 Å². The van der Waals surface area contributed by atoms with Crippen LogP contribution in [0.1, 0.15) is 37.4 Å². The normalized spacial score (nSPS) is 12.5. The topological polar surface area (TPSA) is 12.0 Å². The first-order valence-corrected chi connectivity index (χ1v) is 6.47. The van der Waals surface area contributed by atoms with Gasteiger partial charge in [-0.1, -0.05) is 34.5 Å². The van der Waals surface area contributed by atoms with E-state index in [0.717, 1.165) is 17.4 Å². The second-order valence-electron chi connectivity index (χ2n) is 4.27. The van der Waals surface area contributed by atoms with Crippen molar-refractivity contribution >= 4 is 15.9 Å². The zero-order valence-electron chi connectivity index (χ0n) is 10.3. The van der Waals surface area contributed by atoms with Crippen molar-refractivity contribution in [1.29, 1.82) is 0 Å². The van der Waals surface area contributed by atoms with E-state index in [4.69, 9.17) is 0 Å². The second-order valence-corrected chi connectivity index (χ2v) is 5.19. The van der Waals surface area contributed by atoms with Crippen molar-refractivity contribution < 1.29 is 0 Å². The first kappa shape index (κ1) is 13.5. The van der Waals surface area contributed by atoms with E-state index in [1.165, 1.54) is 16.7 Å². The summed E-state index contributed by atoms with van der Waals surface area (Å²) in [4.78, 5) is 0. The van der Waals surface area contributed by atoms with Crippen LogP contribution >= 0.6 is 15.9 Å². The molecule has 0 aliphatic heterocycles. The molecule has 0 aromatic heterocycles. The van der Waals surface area contributed by atoms with Crippen LogP contribution in [0.4, 0.5) is 0 Å². The summed E-state index contributed by atoms with van der Waals surface area (Å²) in [5.74, 6) is 0. The lowest BCUT2D eigenvalue weighted by Crippen LogP contribution is -2.21. The van der Waals surface area contributed by atoms with Gasteiger partial charge in [0.05, 0.1) is 0 Å². The van der Waals surface area contributed by atoms with E-state index in [1.807, 2.05) is 0 Å². The standard InChI is InChI=1S/C14H20BrN/c1-5-16-14(8-10(2)3)13-9-12(15)7-6-11(13)4/h6-7,9,14,16H,2,5,8H2,1,3-4H3. The van der Waals surface area contributed by atoms with Gasteiger partial charge in [-0.2, -0.15) is 0 Å². The summed E-state index contributed by atoms with van der Waals surface area (Å²) in [6.07, 6.45) is 0.991. The van der Waals surface area contributed by atoms with Crippen molar-refractivity contribution in [3.8, 4) is 0 Å². The molecule has 0 heterocycles. The van der Waals surface area contributed by atoms with Crippen LogP contribution in [0.3, 0.4) is 0 Å². The number of hydrogen-bond acceptors (Lipinski definition) is 1. The Bertz CT molecular complexity index is 371. The lowest BCUT2D eigenvalue weighted by atomic mass is 9.96. The number of halogens is 1. The van der Waals surface area contributed by atoms with Gasteiger partial charge in [0.2, 0.25) is 0 Å². The van der Waals surface area contributed by atoms with E-state index in [9.17, 15) is 0 Å². The van der Waals surface area contributed by atoms with E-state index in [-0.39, 0.29) is 0 Å². The molecule has 1 aromatic carbocycles. The number of hydrogen-bond donors (Lipinski definition) is 1. The highest BCUT2D eigenvalue weighted by atomic mass is 79.9. The highest BCUT2D eigenvalue weighted by Gasteiger charge is 2.12. The highest BCUT2D eigenvalue weighted by molar-refractivity contribution is 9.10. The van der Waals surface area contributed by atoms with Gasteiger partial charge in [0, 0.05) is 10.5 Å². The monoisotopic (exact) mass is 281 g/mol. The van der Waals surface area contributed by atoms with Gasteiger partial charge in [-0.15, -0.1) is 6.58 Å². The summed E-state index contributed by atoms with van der Waals surface area (Å²) < 4.78 is 1.14. The maximum Gasteiger partial charge on any atom is 0.0360 e. The van der Waals surface area contributed by atoms with E-state index >= 15 is 0 Å². The average molecular weight is 282 g/mol. The Labute approximate surface area is 107 Å². The van der Waals surface area contributed by atoms with Gasteiger partial charge in [-0.3, -0.25) is 0 Å². The zero-order valence-corrected chi connectivity index (χ0v) is 11.9. The molecular formula is C14H20BrN. The van der Waals surface area contributed by atoms with Crippen LogP contribution in [-0.4, -0.2) is 6.54 Å². The van der Waals surface area contributed by atoms with Crippen molar-refractivity contribution in [3.05, 3.63) is 46.0 Å². The van der Waals surface area contributed by atoms with Crippen LogP contribution in [0.15, 0.2) is 34.8 Å². The predicted octanol–water partition coefficient (Wildman–Crippen LogP) is 4.37. The quantitative estimate of drug-likeness (QED) is 0.790. The minimum atomic E-state index is 0.375. The highest BCUT2D eigenvalue weighted by Crippen LogP contribution is 2.26. The summed E-state index contributed by atoms with van der Waals surface area (Å²) in [7, 11) is 0. The minimum Gasteiger partial charge on any atom is -0.310 e. The molecule has 1 unspecified atom stereocenters. The molecule has 0 fully saturated rings. The van der Waals surface area contributed by atoms with E-state index in [1.54, 1.807) is 0 Å². The Morgan fingerprint density at radius 3 is 2.75 bits per heavy atom. The lowest BCUT2D eigenvalue weighted by molar-refractivity contribution is 0.545. The Balaban J connectivity index is 2.99. The van der Waals surface area contributed by atoms with Gasteiger partial charge >= 0.3 is 0 Å². The summed E-state index contributed by atoms with van der Waals surface area (Å²) in [5.41, 5.74) is 3.90. The molecule has 88 valence electrons.